The van der Waals surface area contributed by atoms with Crippen LogP contribution in [0.5, 0.6) is 0 Å². The molecule has 2 aromatic heterocycles. The third-order valence-corrected chi connectivity index (χ3v) is 3.85. The van der Waals surface area contributed by atoms with Crippen LogP contribution in [-0.4, -0.2) is 25.9 Å². The molecule has 0 atom stereocenters. The molecule has 0 aliphatic heterocycles. The van der Waals surface area contributed by atoms with Crippen molar-refractivity contribution < 1.29 is 4.79 Å². The molecule has 2 heterocycles. The van der Waals surface area contributed by atoms with Gasteiger partial charge >= 0.3 is 0 Å². The van der Waals surface area contributed by atoms with E-state index in [-0.39, 0.29) is 5.91 Å². The zero-order valence-electron chi connectivity index (χ0n) is 13.9. The molecule has 0 fully saturated rings. The minimum atomic E-state index is -0.255. The Hall–Kier alpha value is -3.02. The summed E-state index contributed by atoms with van der Waals surface area (Å²) in [5.41, 5.74) is 5.02. The van der Waals surface area contributed by atoms with Crippen LogP contribution in [0.4, 0.5) is 0 Å². The van der Waals surface area contributed by atoms with Gasteiger partial charge in [-0.1, -0.05) is 29.0 Å². The van der Waals surface area contributed by atoms with Crippen LogP contribution in [0, 0.1) is 20.8 Å². The van der Waals surface area contributed by atoms with Gasteiger partial charge in [-0.05, 0) is 44.5 Å². The number of aromatic nitrogens is 4. The molecule has 0 spiro atoms. The second-order valence-corrected chi connectivity index (χ2v) is 5.73. The van der Waals surface area contributed by atoms with Crippen molar-refractivity contribution in [1.29, 1.82) is 0 Å². The first-order valence-corrected chi connectivity index (χ1v) is 7.74. The summed E-state index contributed by atoms with van der Waals surface area (Å²) in [6, 6.07) is 11.7. The standard InChI is InChI=1S/C18H19N5O/c1-12-7-8-16(13(2)10-12)23-14(3)17(21-22-23)18(24)20-11-15-6-4-5-9-19-15/h4-10H,11H2,1-3H3,(H,20,24). The van der Waals surface area contributed by atoms with Crippen LogP contribution in [0.15, 0.2) is 42.6 Å². The van der Waals surface area contributed by atoms with Crippen LogP contribution in [0.1, 0.15) is 33.0 Å². The van der Waals surface area contributed by atoms with Crippen molar-refractivity contribution in [3.05, 3.63) is 70.8 Å². The van der Waals surface area contributed by atoms with Crippen molar-refractivity contribution in [2.24, 2.45) is 0 Å². The number of rotatable bonds is 4. The van der Waals surface area contributed by atoms with E-state index in [9.17, 15) is 4.79 Å². The summed E-state index contributed by atoms with van der Waals surface area (Å²) in [6.45, 7) is 6.26. The lowest BCUT2D eigenvalue weighted by Gasteiger charge is -2.08. The number of aryl methyl sites for hydroxylation is 2. The first-order chi connectivity index (χ1) is 11.6. The van der Waals surface area contributed by atoms with E-state index in [1.807, 2.05) is 51.1 Å². The lowest BCUT2D eigenvalue weighted by Crippen LogP contribution is -2.24. The van der Waals surface area contributed by atoms with Gasteiger partial charge in [-0.3, -0.25) is 9.78 Å². The Labute approximate surface area is 140 Å². The Morgan fingerprint density at radius 3 is 2.71 bits per heavy atom. The van der Waals surface area contributed by atoms with Crippen molar-refractivity contribution in [2.75, 3.05) is 0 Å². The van der Waals surface area contributed by atoms with Gasteiger partial charge in [0.05, 0.1) is 23.6 Å². The number of carbonyl (C=O) groups is 1. The van der Waals surface area contributed by atoms with E-state index in [4.69, 9.17) is 0 Å². The maximum absolute atomic E-state index is 12.4. The molecule has 0 saturated heterocycles. The van der Waals surface area contributed by atoms with Crippen molar-refractivity contribution in [3.8, 4) is 5.69 Å². The topological polar surface area (TPSA) is 72.7 Å². The molecule has 1 aromatic carbocycles. The minimum absolute atomic E-state index is 0.255. The van der Waals surface area contributed by atoms with Gasteiger partial charge < -0.3 is 5.32 Å². The summed E-state index contributed by atoms with van der Waals surface area (Å²) in [6.07, 6.45) is 1.70. The van der Waals surface area contributed by atoms with E-state index in [2.05, 4.69) is 26.7 Å². The fourth-order valence-electron chi connectivity index (χ4n) is 2.57. The molecule has 0 unspecified atom stereocenters. The fraction of sp³-hybridized carbons (Fsp3) is 0.222. The van der Waals surface area contributed by atoms with E-state index >= 15 is 0 Å². The maximum Gasteiger partial charge on any atom is 0.274 e. The second kappa shape index (κ2) is 6.62. The highest BCUT2D eigenvalue weighted by Crippen LogP contribution is 2.17. The van der Waals surface area contributed by atoms with Crippen LogP contribution in [-0.2, 0) is 6.54 Å². The SMILES string of the molecule is Cc1ccc(-n2nnc(C(=O)NCc3ccccn3)c2C)c(C)c1. The Morgan fingerprint density at radius 1 is 1.17 bits per heavy atom. The molecule has 6 nitrogen and oxygen atoms in total. The molecule has 0 bridgehead atoms. The first-order valence-electron chi connectivity index (χ1n) is 7.74. The third-order valence-electron chi connectivity index (χ3n) is 3.85. The molecule has 3 rings (SSSR count). The normalized spacial score (nSPS) is 10.6. The molecule has 0 aliphatic rings. The number of hydrogen-bond acceptors (Lipinski definition) is 4. The summed E-state index contributed by atoms with van der Waals surface area (Å²) < 4.78 is 1.70. The predicted molar refractivity (Wildman–Crippen MR) is 91.0 cm³/mol. The molecule has 0 saturated carbocycles. The molecule has 24 heavy (non-hydrogen) atoms. The maximum atomic E-state index is 12.4. The molecular weight excluding hydrogens is 302 g/mol. The largest absolute Gasteiger partial charge is 0.345 e. The van der Waals surface area contributed by atoms with Crippen molar-refractivity contribution in [1.82, 2.24) is 25.3 Å². The summed E-state index contributed by atoms with van der Waals surface area (Å²) in [7, 11) is 0. The number of benzene rings is 1. The van der Waals surface area contributed by atoms with E-state index < -0.39 is 0 Å². The number of nitrogens with one attached hydrogen (secondary N) is 1. The molecular formula is C18H19N5O. The summed E-state index contributed by atoms with van der Waals surface area (Å²) in [4.78, 5) is 16.6. The number of carbonyl (C=O) groups excluding carboxylic acids is 1. The second-order valence-electron chi connectivity index (χ2n) is 5.73. The summed E-state index contributed by atoms with van der Waals surface area (Å²) in [5.74, 6) is -0.255. The summed E-state index contributed by atoms with van der Waals surface area (Å²) >= 11 is 0. The molecule has 122 valence electrons. The quantitative estimate of drug-likeness (QED) is 0.801. The highest BCUT2D eigenvalue weighted by Gasteiger charge is 2.18. The van der Waals surface area contributed by atoms with Crippen LogP contribution in [0.25, 0.3) is 5.69 Å². The molecule has 3 aromatic rings. The minimum Gasteiger partial charge on any atom is -0.345 e. The Bertz CT molecular complexity index is 870. The highest BCUT2D eigenvalue weighted by molar-refractivity contribution is 5.93. The number of nitrogens with zero attached hydrogens (tertiary/aromatic N) is 4. The van der Waals surface area contributed by atoms with Gasteiger partial charge in [0.2, 0.25) is 0 Å². The van der Waals surface area contributed by atoms with Crippen molar-refractivity contribution in [2.45, 2.75) is 27.3 Å². The average Bonchev–Trinajstić information content (AvgIpc) is 2.95. The average molecular weight is 321 g/mol. The van der Waals surface area contributed by atoms with E-state index in [0.29, 0.717) is 17.9 Å². The number of pyridine rings is 1. The Morgan fingerprint density at radius 2 is 2.00 bits per heavy atom. The van der Waals surface area contributed by atoms with Crippen LogP contribution >= 0.6 is 0 Å². The fourth-order valence-corrected chi connectivity index (χ4v) is 2.57. The molecule has 1 N–H and O–H groups in total. The van der Waals surface area contributed by atoms with Gasteiger partial charge in [-0.2, -0.15) is 0 Å². The smallest absolute Gasteiger partial charge is 0.274 e. The van der Waals surface area contributed by atoms with Gasteiger partial charge in [0.25, 0.3) is 5.91 Å². The zero-order chi connectivity index (χ0) is 17.1. The number of amides is 1. The molecule has 0 aliphatic carbocycles. The lowest BCUT2D eigenvalue weighted by molar-refractivity contribution is 0.0944. The van der Waals surface area contributed by atoms with Gasteiger partial charge in [0, 0.05) is 6.20 Å². The highest BCUT2D eigenvalue weighted by atomic mass is 16.2. The van der Waals surface area contributed by atoms with E-state index in [0.717, 1.165) is 16.9 Å². The van der Waals surface area contributed by atoms with Crippen molar-refractivity contribution in [3.63, 3.8) is 0 Å². The zero-order valence-corrected chi connectivity index (χ0v) is 13.9. The molecule has 0 radical (unpaired) electrons. The third kappa shape index (κ3) is 3.17. The Balaban J connectivity index is 1.80. The molecule has 6 heteroatoms. The van der Waals surface area contributed by atoms with Gasteiger partial charge in [0.1, 0.15) is 0 Å². The van der Waals surface area contributed by atoms with Gasteiger partial charge in [0.15, 0.2) is 5.69 Å². The molecule has 1 amide bonds. The van der Waals surface area contributed by atoms with Crippen LogP contribution in [0.3, 0.4) is 0 Å². The van der Waals surface area contributed by atoms with Crippen molar-refractivity contribution >= 4 is 5.91 Å². The predicted octanol–water partition coefficient (Wildman–Crippen LogP) is 2.52. The van der Waals surface area contributed by atoms with E-state index in [1.54, 1.807) is 10.9 Å². The van der Waals surface area contributed by atoms with Crippen LogP contribution in [0.2, 0.25) is 0 Å². The first kappa shape index (κ1) is 15.9. The lowest BCUT2D eigenvalue weighted by atomic mass is 10.1. The number of hydrogen-bond donors (Lipinski definition) is 1. The Kier molecular flexibility index (Phi) is 4.37. The summed E-state index contributed by atoms with van der Waals surface area (Å²) in [5, 5.41) is 11.0. The van der Waals surface area contributed by atoms with E-state index in [1.165, 1.54) is 5.56 Å². The van der Waals surface area contributed by atoms with Crippen LogP contribution < -0.4 is 5.32 Å². The van der Waals surface area contributed by atoms with Gasteiger partial charge in [-0.15, -0.1) is 5.10 Å². The van der Waals surface area contributed by atoms with Gasteiger partial charge in [-0.25, -0.2) is 4.68 Å². The monoisotopic (exact) mass is 321 g/mol.